The third-order valence-electron chi connectivity index (χ3n) is 1.95. The first-order valence-electron chi connectivity index (χ1n) is 4.98. The van der Waals surface area contributed by atoms with Crippen LogP contribution in [0, 0.1) is 5.82 Å². The molecule has 0 saturated carbocycles. The summed E-state index contributed by atoms with van der Waals surface area (Å²) in [6, 6.07) is 4.48. The predicted molar refractivity (Wildman–Crippen MR) is 62.8 cm³/mol. The molecule has 3 nitrogen and oxygen atoms in total. The van der Waals surface area contributed by atoms with Crippen molar-refractivity contribution in [2.75, 3.05) is 13.2 Å². The smallest absolute Gasteiger partial charge is 0.407 e. The second kappa shape index (κ2) is 6.48. The van der Waals surface area contributed by atoms with Crippen LogP contribution in [0.25, 0.3) is 0 Å². The van der Waals surface area contributed by atoms with E-state index in [1.807, 2.05) is 0 Å². The minimum Gasteiger partial charge on any atom is -0.450 e. The molecule has 0 fully saturated rings. The topological polar surface area (TPSA) is 38.3 Å². The van der Waals surface area contributed by atoms with Crippen molar-refractivity contribution in [2.24, 2.45) is 0 Å². The molecule has 0 aliphatic carbocycles. The Morgan fingerprint density at radius 3 is 2.94 bits per heavy atom. The molecule has 1 rings (SSSR count). The molecule has 5 heteroatoms. The van der Waals surface area contributed by atoms with E-state index >= 15 is 0 Å². The first kappa shape index (κ1) is 13.0. The average Bonchev–Trinajstić information content (AvgIpc) is 2.22. The zero-order valence-corrected chi connectivity index (χ0v) is 10.5. The maximum absolute atomic E-state index is 12.8. The van der Waals surface area contributed by atoms with Crippen molar-refractivity contribution < 1.29 is 13.9 Å². The van der Waals surface area contributed by atoms with E-state index in [9.17, 15) is 9.18 Å². The fourth-order valence-corrected chi connectivity index (χ4v) is 1.75. The summed E-state index contributed by atoms with van der Waals surface area (Å²) in [6.07, 6.45) is 0.195. The Bertz CT molecular complexity index is 371. The third kappa shape index (κ3) is 4.18. The summed E-state index contributed by atoms with van der Waals surface area (Å²) in [7, 11) is 0. The Kier molecular flexibility index (Phi) is 5.25. The number of nitrogens with one attached hydrogen (secondary N) is 1. The van der Waals surface area contributed by atoms with E-state index in [-0.39, 0.29) is 5.82 Å². The van der Waals surface area contributed by atoms with E-state index in [2.05, 4.69) is 21.2 Å². The number of amides is 1. The molecule has 1 aromatic rings. The van der Waals surface area contributed by atoms with Crippen molar-refractivity contribution in [1.29, 1.82) is 0 Å². The molecule has 1 N–H and O–H groups in total. The predicted octanol–water partition coefficient (Wildman–Crippen LogP) is 2.88. The Labute approximate surface area is 102 Å². The van der Waals surface area contributed by atoms with Gasteiger partial charge in [0.2, 0.25) is 0 Å². The van der Waals surface area contributed by atoms with Gasteiger partial charge in [-0.2, -0.15) is 0 Å². The van der Waals surface area contributed by atoms with Crippen molar-refractivity contribution >= 4 is 22.0 Å². The Morgan fingerprint density at radius 2 is 2.31 bits per heavy atom. The van der Waals surface area contributed by atoms with E-state index < -0.39 is 6.09 Å². The van der Waals surface area contributed by atoms with Crippen LogP contribution >= 0.6 is 15.9 Å². The quantitative estimate of drug-likeness (QED) is 0.926. The SMILES string of the molecule is CCOC(=O)NCCc1ccc(F)cc1Br. The van der Waals surface area contributed by atoms with Gasteiger partial charge in [0.25, 0.3) is 0 Å². The van der Waals surface area contributed by atoms with Gasteiger partial charge in [-0.05, 0) is 31.0 Å². The average molecular weight is 290 g/mol. The molecule has 1 aromatic carbocycles. The molecule has 0 aliphatic rings. The molecule has 0 aromatic heterocycles. The van der Waals surface area contributed by atoms with Crippen LogP contribution in [-0.4, -0.2) is 19.2 Å². The minimum atomic E-state index is -0.430. The number of benzene rings is 1. The van der Waals surface area contributed by atoms with Crippen molar-refractivity contribution in [2.45, 2.75) is 13.3 Å². The Balaban J connectivity index is 2.40. The van der Waals surface area contributed by atoms with Crippen LogP contribution in [0.1, 0.15) is 12.5 Å². The third-order valence-corrected chi connectivity index (χ3v) is 2.69. The summed E-state index contributed by atoms with van der Waals surface area (Å²) < 4.78 is 18.2. The second-order valence-corrected chi connectivity index (χ2v) is 3.99. The zero-order chi connectivity index (χ0) is 12.0. The van der Waals surface area contributed by atoms with Crippen molar-refractivity contribution in [3.63, 3.8) is 0 Å². The van der Waals surface area contributed by atoms with Crippen LogP contribution < -0.4 is 5.32 Å². The van der Waals surface area contributed by atoms with Gasteiger partial charge in [-0.1, -0.05) is 22.0 Å². The maximum atomic E-state index is 12.8. The van der Waals surface area contributed by atoms with Gasteiger partial charge in [0.05, 0.1) is 6.61 Å². The van der Waals surface area contributed by atoms with Crippen LogP contribution in [0.3, 0.4) is 0 Å². The van der Waals surface area contributed by atoms with Gasteiger partial charge >= 0.3 is 6.09 Å². The van der Waals surface area contributed by atoms with E-state index in [1.165, 1.54) is 12.1 Å². The Hall–Kier alpha value is -1.10. The minimum absolute atomic E-state index is 0.283. The van der Waals surface area contributed by atoms with E-state index in [4.69, 9.17) is 4.74 Å². The number of hydrogen-bond acceptors (Lipinski definition) is 2. The standard InChI is InChI=1S/C11H13BrFNO2/c1-2-16-11(15)14-6-5-8-3-4-9(13)7-10(8)12/h3-4,7H,2,5-6H2,1H3,(H,14,15). The van der Waals surface area contributed by atoms with Gasteiger partial charge in [0.15, 0.2) is 0 Å². The zero-order valence-electron chi connectivity index (χ0n) is 8.93. The lowest BCUT2D eigenvalue weighted by Gasteiger charge is -2.06. The fraction of sp³-hybridized carbons (Fsp3) is 0.364. The molecule has 88 valence electrons. The normalized spacial score (nSPS) is 9.94. The first-order valence-corrected chi connectivity index (χ1v) is 5.77. The Morgan fingerprint density at radius 1 is 1.56 bits per heavy atom. The molecular formula is C11H13BrFNO2. The van der Waals surface area contributed by atoms with E-state index in [1.54, 1.807) is 13.0 Å². The van der Waals surface area contributed by atoms with E-state index in [0.717, 1.165) is 5.56 Å². The van der Waals surface area contributed by atoms with Crippen LogP contribution in [0.2, 0.25) is 0 Å². The summed E-state index contributed by atoms with van der Waals surface area (Å²) >= 11 is 3.26. The molecule has 0 aliphatic heterocycles. The fourth-order valence-electron chi connectivity index (χ4n) is 1.21. The molecule has 1 amide bonds. The molecular weight excluding hydrogens is 277 g/mol. The lowest BCUT2D eigenvalue weighted by Crippen LogP contribution is -2.26. The maximum Gasteiger partial charge on any atom is 0.407 e. The van der Waals surface area contributed by atoms with Crippen LogP contribution in [0.15, 0.2) is 22.7 Å². The lowest BCUT2D eigenvalue weighted by atomic mass is 10.1. The molecule has 0 bridgehead atoms. The largest absolute Gasteiger partial charge is 0.450 e. The molecule has 0 radical (unpaired) electrons. The van der Waals surface area contributed by atoms with Gasteiger partial charge < -0.3 is 10.1 Å². The summed E-state index contributed by atoms with van der Waals surface area (Å²) in [6.45, 7) is 2.56. The van der Waals surface area contributed by atoms with Crippen molar-refractivity contribution in [3.8, 4) is 0 Å². The number of ether oxygens (including phenoxy) is 1. The van der Waals surface area contributed by atoms with Crippen LogP contribution in [-0.2, 0) is 11.2 Å². The van der Waals surface area contributed by atoms with Gasteiger partial charge in [0.1, 0.15) is 5.82 Å². The summed E-state index contributed by atoms with van der Waals surface area (Å²) in [4.78, 5) is 11.0. The molecule has 0 heterocycles. The highest BCUT2D eigenvalue weighted by Gasteiger charge is 2.03. The lowest BCUT2D eigenvalue weighted by molar-refractivity contribution is 0.152. The number of carbonyl (C=O) groups is 1. The number of hydrogen-bond donors (Lipinski definition) is 1. The van der Waals surface area contributed by atoms with Gasteiger partial charge in [-0.25, -0.2) is 9.18 Å². The monoisotopic (exact) mass is 289 g/mol. The van der Waals surface area contributed by atoms with Gasteiger partial charge in [0, 0.05) is 11.0 Å². The molecule has 0 saturated heterocycles. The number of carbonyl (C=O) groups excluding carboxylic acids is 1. The molecule has 16 heavy (non-hydrogen) atoms. The first-order chi connectivity index (χ1) is 7.63. The van der Waals surface area contributed by atoms with Crippen LogP contribution in [0.5, 0.6) is 0 Å². The number of halogens is 2. The highest BCUT2D eigenvalue weighted by atomic mass is 79.9. The van der Waals surface area contributed by atoms with Crippen molar-refractivity contribution in [3.05, 3.63) is 34.1 Å². The summed E-state index contributed by atoms with van der Waals surface area (Å²) in [5, 5.41) is 2.60. The van der Waals surface area contributed by atoms with Gasteiger partial charge in [-0.3, -0.25) is 0 Å². The molecule has 0 spiro atoms. The number of rotatable bonds is 4. The van der Waals surface area contributed by atoms with Crippen molar-refractivity contribution in [1.82, 2.24) is 5.32 Å². The second-order valence-electron chi connectivity index (χ2n) is 3.13. The van der Waals surface area contributed by atoms with Gasteiger partial charge in [-0.15, -0.1) is 0 Å². The highest BCUT2D eigenvalue weighted by Crippen LogP contribution is 2.18. The number of alkyl carbamates (subject to hydrolysis) is 1. The summed E-state index contributed by atoms with van der Waals surface area (Å²) in [5.74, 6) is -0.283. The van der Waals surface area contributed by atoms with Crippen LogP contribution in [0.4, 0.5) is 9.18 Å². The summed E-state index contributed by atoms with van der Waals surface area (Å²) in [5.41, 5.74) is 0.943. The van der Waals surface area contributed by atoms with E-state index in [0.29, 0.717) is 24.0 Å². The molecule has 0 atom stereocenters. The highest BCUT2D eigenvalue weighted by molar-refractivity contribution is 9.10. The molecule has 0 unspecified atom stereocenters.